The fraction of sp³-hybridized carbons (Fsp3) is 0.500. The van der Waals surface area contributed by atoms with Crippen LogP contribution in [0.2, 0.25) is 0 Å². The van der Waals surface area contributed by atoms with Crippen molar-refractivity contribution in [2.24, 2.45) is 0 Å². The molecule has 1 atom stereocenters. The van der Waals surface area contributed by atoms with Crippen molar-refractivity contribution in [3.05, 3.63) is 41.6 Å². The van der Waals surface area contributed by atoms with E-state index in [4.69, 9.17) is 9.15 Å². The molecule has 0 bridgehead atoms. The van der Waals surface area contributed by atoms with Crippen molar-refractivity contribution in [1.29, 1.82) is 0 Å². The number of aromatic nitrogens is 2. The van der Waals surface area contributed by atoms with Crippen molar-refractivity contribution in [1.82, 2.24) is 15.5 Å². The maximum atomic E-state index is 5.85. The Labute approximate surface area is 124 Å². The molecule has 21 heavy (non-hydrogen) atoms. The highest BCUT2D eigenvalue weighted by molar-refractivity contribution is 5.40. The van der Waals surface area contributed by atoms with Crippen molar-refractivity contribution < 1.29 is 9.15 Å². The van der Waals surface area contributed by atoms with Gasteiger partial charge in [-0.25, -0.2) is 0 Å². The number of hydrogen-bond donors (Lipinski definition) is 1. The zero-order chi connectivity index (χ0) is 14.5. The molecule has 1 N–H and O–H groups in total. The Hall–Kier alpha value is -1.88. The Morgan fingerprint density at radius 1 is 1.29 bits per heavy atom. The molecule has 5 nitrogen and oxygen atoms in total. The lowest BCUT2D eigenvalue weighted by atomic mass is 9.93. The molecule has 1 aromatic heterocycles. The lowest BCUT2D eigenvalue weighted by Gasteiger charge is -2.23. The van der Waals surface area contributed by atoms with Gasteiger partial charge in [-0.15, -0.1) is 10.2 Å². The number of fused-ring (bicyclic) bond motifs is 1. The zero-order valence-corrected chi connectivity index (χ0v) is 12.3. The fourth-order valence-electron chi connectivity index (χ4n) is 2.65. The molecule has 1 aliphatic rings. The Morgan fingerprint density at radius 2 is 2.19 bits per heavy atom. The van der Waals surface area contributed by atoms with Crippen LogP contribution in [0.5, 0.6) is 5.75 Å². The fourth-order valence-corrected chi connectivity index (χ4v) is 2.65. The second-order valence-corrected chi connectivity index (χ2v) is 5.22. The van der Waals surface area contributed by atoms with E-state index in [1.54, 1.807) is 0 Å². The largest absolute Gasteiger partial charge is 0.493 e. The highest BCUT2D eigenvalue weighted by Crippen LogP contribution is 2.37. The third kappa shape index (κ3) is 3.24. The first-order valence-corrected chi connectivity index (χ1v) is 7.63. The molecule has 0 saturated heterocycles. The molecule has 5 heteroatoms. The summed E-state index contributed by atoms with van der Waals surface area (Å²) in [6.45, 7) is 4.77. The second-order valence-electron chi connectivity index (χ2n) is 5.22. The van der Waals surface area contributed by atoms with Gasteiger partial charge < -0.3 is 14.5 Å². The van der Waals surface area contributed by atoms with Crippen LogP contribution in [0.1, 0.15) is 43.0 Å². The van der Waals surface area contributed by atoms with Crippen molar-refractivity contribution in [3.8, 4) is 5.75 Å². The minimum Gasteiger partial charge on any atom is -0.493 e. The molecule has 0 spiro atoms. The molecule has 2 heterocycles. The Bertz CT molecular complexity index is 582. The lowest BCUT2D eigenvalue weighted by molar-refractivity contribution is 0.263. The maximum absolute atomic E-state index is 5.85. The van der Waals surface area contributed by atoms with Crippen LogP contribution in [0, 0.1) is 0 Å². The highest BCUT2D eigenvalue weighted by Gasteiger charge is 2.27. The molecule has 0 radical (unpaired) electrons. The molecule has 0 amide bonds. The van der Waals surface area contributed by atoms with E-state index >= 15 is 0 Å². The van der Waals surface area contributed by atoms with Gasteiger partial charge in [-0.2, -0.15) is 0 Å². The van der Waals surface area contributed by atoms with Crippen LogP contribution < -0.4 is 10.1 Å². The van der Waals surface area contributed by atoms with E-state index in [2.05, 4.69) is 28.5 Å². The first kappa shape index (κ1) is 14.1. The van der Waals surface area contributed by atoms with Crippen LogP contribution in [-0.4, -0.2) is 29.9 Å². The van der Waals surface area contributed by atoms with E-state index in [1.807, 2.05) is 18.2 Å². The average Bonchev–Trinajstić information content (AvgIpc) is 3.00. The summed E-state index contributed by atoms with van der Waals surface area (Å²) < 4.78 is 11.5. The minimum absolute atomic E-state index is 0.157. The average molecular weight is 287 g/mol. The highest BCUT2D eigenvalue weighted by atomic mass is 16.5. The number of ether oxygens (including phenoxy) is 1. The van der Waals surface area contributed by atoms with E-state index in [0.717, 1.165) is 49.6 Å². The molecule has 0 fully saturated rings. The van der Waals surface area contributed by atoms with Crippen molar-refractivity contribution in [2.45, 2.75) is 32.1 Å². The van der Waals surface area contributed by atoms with Crippen molar-refractivity contribution >= 4 is 0 Å². The third-order valence-electron chi connectivity index (χ3n) is 3.73. The van der Waals surface area contributed by atoms with Gasteiger partial charge in [0.05, 0.1) is 12.5 Å². The predicted molar refractivity (Wildman–Crippen MR) is 79.6 cm³/mol. The molecule has 0 aliphatic carbocycles. The van der Waals surface area contributed by atoms with Gasteiger partial charge in [-0.1, -0.05) is 25.1 Å². The van der Waals surface area contributed by atoms with Crippen LogP contribution in [0.15, 0.2) is 28.7 Å². The number of hydrogen-bond acceptors (Lipinski definition) is 5. The molecule has 3 rings (SSSR count). The zero-order valence-electron chi connectivity index (χ0n) is 12.3. The van der Waals surface area contributed by atoms with E-state index < -0.39 is 0 Å². The predicted octanol–water partition coefficient (Wildman–Crippen LogP) is 2.53. The molecule has 1 aliphatic heterocycles. The van der Waals surface area contributed by atoms with Crippen molar-refractivity contribution in [3.63, 3.8) is 0 Å². The summed E-state index contributed by atoms with van der Waals surface area (Å²) in [5, 5.41) is 11.7. The number of nitrogens with zero attached hydrogens (tertiary/aromatic N) is 2. The van der Waals surface area contributed by atoms with Crippen LogP contribution in [0.25, 0.3) is 0 Å². The smallest absolute Gasteiger partial charge is 0.224 e. The molecular formula is C16H21N3O2. The minimum atomic E-state index is 0.157. The first-order valence-electron chi connectivity index (χ1n) is 7.63. The van der Waals surface area contributed by atoms with Crippen LogP contribution >= 0.6 is 0 Å². The monoisotopic (exact) mass is 287 g/mol. The first-order chi connectivity index (χ1) is 10.4. The molecular weight excluding hydrogens is 266 g/mol. The summed E-state index contributed by atoms with van der Waals surface area (Å²) in [7, 11) is 0. The van der Waals surface area contributed by atoms with Crippen LogP contribution in [0.4, 0.5) is 0 Å². The SMILES string of the molecule is CCNCCCc1nnc(C2CCOc3ccccc32)o1. The molecule has 1 aromatic carbocycles. The normalized spacial score (nSPS) is 17.3. The topological polar surface area (TPSA) is 60.2 Å². The number of para-hydroxylation sites is 1. The van der Waals surface area contributed by atoms with Gasteiger partial charge in [0.1, 0.15) is 5.75 Å². The molecule has 2 aromatic rings. The van der Waals surface area contributed by atoms with Crippen LogP contribution in [0.3, 0.4) is 0 Å². The standard InChI is InChI=1S/C16H21N3O2/c1-2-17-10-5-8-15-18-19-16(21-15)13-9-11-20-14-7-4-3-6-12(13)14/h3-4,6-7,13,17H,2,5,8-11H2,1H3. The Kier molecular flexibility index (Phi) is 4.50. The Balaban J connectivity index is 1.69. The molecule has 1 unspecified atom stereocenters. The van der Waals surface area contributed by atoms with E-state index in [-0.39, 0.29) is 5.92 Å². The van der Waals surface area contributed by atoms with Gasteiger partial charge in [0.15, 0.2) is 0 Å². The third-order valence-corrected chi connectivity index (χ3v) is 3.73. The number of aryl methyl sites for hydroxylation is 1. The van der Waals surface area contributed by atoms with E-state index in [0.29, 0.717) is 12.5 Å². The molecule has 0 saturated carbocycles. The summed E-state index contributed by atoms with van der Waals surface area (Å²) >= 11 is 0. The number of rotatable bonds is 6. The maximum Gasteiger partial charge on any atom is 0.224 e. The number of nitrogens with one attached hydrogen (secondary N) is 1. The Morgan fingerprint density at radius 3 is 3.10 bits per heavy atom. The van der Waals surface area contributed by atoms with Gasteiger partial charge in [-0.3, -0.25) is 0 Å². The van der Waals surface area contributed by atoms with Gasteiger partial charge in [0, 0.05) is 12.0 Å². The summed E-state index contributed by atoms with van der Waals surface area (Å²) in [6, 6.07) is 8.08. The van der Waals surface area contributed by atoms with E-state index in [9.17, 15) is 0 Å². The lowest BCUT2D eigenvalue weighted by Crippen LogP contribution is -2.15. The van der Waals surface area contributed by atoms with Gasteiger partial charge in [0.2, 0.25) is 11.8 Å². The summed E-state index contributed by atoms with van der Waals surface area (Å²) in [5.74, 6) is 2.53. The van der Waals surface area contributed by atoms with Gasteiger partial charge in [-0.05, 0) is 32.0 Å². The van der Waals surface area contributed by atoms with Crippen LogP contribution in [-0.2, 0) is 6.42 Å². The van der Waals surface area contributed by atoms with Crippen molar-refractivity contribution in [2.75, 3.05) is 19.7 Å². The quantitative estimate of drug-likeness (QED) is 0.827. The summed E-state index contributed by atoms with van der Waals surface area (Å²) in [6.07, 6.45) is 2.72. The second kappa shape index (κ2) is 6.72. The van der Waals surface area contributed by atoms with E-state index in [1.165, 1.54) is 0 Å². The number of benzene rings is 1. The molecule has 112 valence electrons. The summed E-state index contributed by atoms with van der Waals surface area (Å²) in [5.41, 5.74) is 1.14. The summed E-state index contributed by atoms with van der Waals surface area (Å²) in [4.78, 5) is 0. The van der Waals surface area contributed by atoms with Gasteiger partial charge in [0.25, 0.3) is 0 Å². The van der Waals surface area contributed by atoms with Gasteiger partial charge >= 0.3 is 0 Å².